The van der Waals surface area contributed by atoms with E-state index in [1.165, 1.54) is 78.8 Å². The molecule has 15 aromatic rings. The van der Waals surface area contributed by atoms with Gasteiger partial charge in [0.05, 0.1) is 36.3 Å². The molecule has 10 heterocycles. The van der Waals surface area contributed by atoms with Gasteiger partial charge in [0.1, 0.15) is 0 Å². The Morgan fingerprint density at radius 1 is 0.467 bits per heavy atom. The van der Waals surface area contributed by atoms with Crippen molar-refractivity contribution in [3.8, 4) is 0 Å². The molecular formula is C75H75Ir5N10Si2-5. The summed E-state index contributed by atoms with van der Waals surface area (Å²) in [4.78, 5) is 22.3. The van der Waals surface area contributed by atoms with E-state index in [1.807, 2.05) is 85.2 Å². The van der Waals surface area contributed by atoms with Crippen molar-refractivity contribution in [1.29, 1.82) is 0 Å². The van der Waals surface area contributed by atoms with Crippen molar-refractivity contribution >= 4 is 109 Å². The van der Waals surface area contributed by atoms with Gasteiger partial charge >= 0.3 is 0 Å². The van der Waals surface area contributed by atoms with Crippen LogP contribution in [0.4, 0.5) is 0 Å². The Bertz CT molecular complexity index is 4970. The number of rotatable bonds is 2. The molecule has 0 spiro atoms. The van der Waals surface area contributed by atoms with E-state index >= 15 is 0 Å². The Morgan fingerprint density at radius 2 is 0.967 bits per heavy atom. The van der Waals surface area contributed by atoms with Gasteiger partial charge in [0, 0.05) is 176 Å². The molecule has 2 aliphatic carbocycles. The molecule has 17 heteroatoms. The molecule has 92 heavy (non-hydrogen) atoms. The van der Waals surface area contributed by atoms with Gasteiger partial charge in [0.2, 0.25) is 0 Å². The Balaban J connectivity index is 0.000000146. The predicted octanol–water partition coefficient (Wildman–Crippen LogP) is 16.8. The van der Waals surface area contributed by atoms with Crippen LogP contribution in [0.15, 0.2) is 172 Å². The van der Waals surface area contributed by atoms with E-state index in [2.05, 4.69) is 251 Å². The summed E-state index contributed by atoms with van der Waals surface area (Å²) in [5, 5.41) is 14.9. The number of fused-ring (bicyclic) bond motifs is 22. The monoisotopic (exact) mass is 2140 g/mol. The van der Waals surface area contributed by atoms with Crippen molar-refractivity contribution in [2.45, 2.75) is 130 Å². The quantitative estimate of drug-likeness (QED) is 0.127. The maximum atomic E-state index is 4.56. The summed E-state index contributed by atoms with van der Waals surface area (Å²) in [5.74, 6) is 1.53. The van der Waals surface area contributed by atoms with Crippen LogP contribution in [-0.4, -0.2) is 63.1 Å². The Kier molecular flexibility index (Phi) is 22.4. The second-order valence-electron chi connectivity index (χ2n) is 27.7. The number of pyridine rings is 5. The molecule has 17 rings (SSSR count). The molecule has 5 aromatic carbocycles. The smallest absolute Gasteiger partial charge is 0.0691 e. The topological polar surface area (TPSA) is 86.5 Å². The molecule has 10 nitrogen and oxygen atoms in total. The Labute approximate surface area is 609 Å². The summed E-state index contributed by atoms with van der Waals surface area (Å²) in [6.45, 7) is 29.6. The van der Waals surface area contributed by atoms with Crippen molar-refractivity contribution in [3.63, 3.8) is 0 Å². The van der Waals surface area contributed by atoms with E-state index in [1.54, 1.807) is 5.56 Å². The average Bonchev–Trinajstić information content (AvgIpc) is 1.54. The molecule has 5 radical (unpaired) electrons. The number of nitrogens with zero attached hydrogens (tertiary/aromatic N) is 10. The van der Waals surface area contributed by atoms with Crippen LogP contribution in [0.3, 0.4) is 0 Å². The summed E-state index contributed by atoms with van der Waals surface area (Å²) in [5.41, 5.74) is 12.1. The molecule has 2 aliphatic rings. The number of imidazole rings is 5. The van der Waals surface area contributed by atoms with Gasteiger partial charge in [-0.05, 0) is 73.6 Å². The first-order valence-corrected chi connectivity index (χ1v) is 37.5. The van der Waals surface area contributed by atoms with Crippen molar-refractivity contribution in [3.05, 3.63) is 230 Å². The zero-order valence-corrected chi connectivity index (χ0v) is 68.1. The fourth-order valence-corrected chi connectivity index (χ4v) is 15.6. The van der Waals surface area contributed by atoms with Gasteiger partial charge < -0.3 is 22.0 Å². The van der Waals surface area contributed by atoms with Gasteiger partial charge in [-0.1, -0.05) is 120 Å². The first-order valence-electron chi connectivity index (χ1n) is 30.5. The molecule has 2 bridgehead atoms. The summed E-state index contributed by atoms with van der Waals surface area (Å²) in [6, 6.07) is 48.6. The fourth-order valence-electron chi connectivity index (χ4n) is 13.0. The van der Waals surface area contributed by atoms with Crippen LogP contribution in [0.5, 0.6) is 0 Å². The van der Waals surface area contributed by atoms with E-state index in [0.717, 1.165) is 67.3 Å². The third-order valence-electron chi connectivity index (χ3n) is 17.5. The maximum absolute atomic E-state index is 4.56. The van der Waals surface area contributed by atoms with Gasteiger partial charge in [0.25, 0.3) is 0 Å². The van der Waals surface area contributed by atoms with E-state index in [0.29, 0.717) is 0 Å². The van der Waals surface area contributed by atoms with E-state index in [-0.39, 0.29) is 111 Å². The molecule has 2 unspecified atom stereocenters. The van der Waals surface area contributed by atoms with Crippen LogP contribution in [0.1, 0.15) is 101 Å². The number of aromatic nitrogens is 10. The largest absolute Gasteiger partial charge is 0.347 e. The molecule has 483 valence electrons. The second kappa shape index (κ2) is 28.5. The second-order valence-corrected chi connectivity index (χ2v) is 37.9. The molecule has 0 saturated heterocycles. The number of aryl methyl sites for hydroxylation is 1. The SMILES string of the molecule is CC(C)(C)c1cn2ccnc2c2[c-]cccc12.C[Si](C)(C)c1c[c-]c2c(ccn3ccnc23)c1.C[Si](C)(C)c1cn2ccnc2c2[c-]cccc12.Cc1cn2ccc3cc(C(C)(C)C)c[c-]c3c2n1.[Ir].[Ir].[Ir].[Ir].[Ir].[c-]1cccc2c3c(n4ccnc4c12)C1CCC3C1. The van der Waals surface area contributed by atoms with Gasteiger partial charge in [-0.15, -0.1) is 163 Å². The van der Waals surface area contributed by atoms with Crippen LogP contribution in [0.25, 0.3) is 82.1 Å². The molecule has 0 aliphatic heterocycles. The van der Waals surface area contributed by atoms with E-state index in [4.69, 9.17) is 0 Å². The summed E-state index contributed by atoms with van der Waals surface area (Å²) in [7, 11) is -2.62. The molecule has 10 aromatic heterocycles. The summed E-state index contributed by atoms with van der Waals surface area (Å²) in [6.07, 6.45) is 30.2. The zero-order chi connectivity index (χ0) is 60.7. The minimum absolute atomic E-state index is 0. The first-order chi connectivity index (χ1) is 41.6. The van der Waals surface area contributed by atoms with Gasteiger partial charge in [-0.2, -0.15) is 0 Å². The Morgan fingerprint density at radius 3 is 1.59 bits per heavy atom. The molecule has 2 atom stereocenters. The van der Waals surface area contributed by atoms with Crippen molar-refractivity contribution in [2.75, 3.05) is 0 Å². The van der Waals surface area contributed by atoms with Gasteiger partial charge in [-0.25, -0.2) is 0 Å². The minimum Gasteiger partial charge on any atom is -0.347 e. The Hall–Kier alpha value is -5.47. The van der Waals surface area contributed by atoms with Crippen LogP contribution in [0.2, 0.25) is 39.3 Å². The van der Waals surface area contributed by atoms with Crippen molar-refractivity contribution in [2.24, 2.45) is 0 Å². The summed E-state index contributed by atoms with van der Waals surface area (Å²) < 4.78 is 10.6. The fraction of sp³-hybridized carbons (Fsp3) is 0.267. The minimum atomic E-state index is -1.36. The molecule has 0 amide bonds. The molecule has 1 fully saturated rings. The first kappa shape index (κ1) is 72.4. The normalized spacial score (nSPS) is 14.2. The van der Waals surface area contributed by atoms with Crippen molar-refractivity contribution < 1.29 is 101 Å². The van der Waals surface area contributed by atoms with Crippen LogP contribution in [-0.2, 0) is 111 Å². The van der Waals surface area contributed by atoms with Gasteiger partial charge in [-0.3, -0.25) is 24.9 Å². The average molecular weight is 2130 g/mol. The maximum Gasteiger partial charge on any atom is 0.0691 e. The standard InChI is InChI=1S/C16H13N2.C16H17N2.C15H15N2.2C14H15N2Si.5Ir/c1-2-4-13-12(3-1)14-10-5-6-11(9-10)15(14)18-8-7-17-16(13)18;1-11-10-18-8-7-12-9-13(16(2,3)4)5-6-14(12)15(18)17-11;1-15(2,3)13-10-17-9-8-16-14(17)12-7-5-4-6-11(12)13;1-17(2,3)12-4-5-13-11(10-12)6-8-16-9-7-15-14(13)16;1-17(2,3)13-10-16-9-8-15-14(16)12-7-5-4-6-11(12)13;;;;;/h1-3,7-8,10-11H,5-6,9H2;5,7-10H,1-4H3;4-6,8-10H,1-3H3;4,6-10H,1-3H3;4-6,8-10H,1-3H3;;;;;/q5*-1;;;;;. The van der Waals surface area contributed by atoms with Crippen LogP contribution in [0, 0.1) is 37.3 Å². The van der Waals surface area contributed by atoms with E-state index in [9.17, 15) is 0 Å². The van der Waals surface area contributed by atoms with Gasteiger partial charge in [0.15, 0.2) is 0 Å². The molecular weight excluding hydrogens is 2060 g/mol. The van der Waals surface area contributed by atoms with Crippen LogP contribution >= 0.6 is 0 Å². The predicted molar refractivity (Wildman–Crippen MR) is 365 cm³/mol. The zero-order valence-electron chi connectivity index (χ0n) is 54.1. The third-order valence-corrected chi connectivity index (χ3v) is 21.5. The number of hydrogen-bond donors (Lipinski definition) is 0. The van der Waals surface area contributed by atoms with Crippen LogP contribution < -0.4 is 10.4 Å². The molecule has 0 N–H and O–H groups in total. The molecule has 1 saturated carbocycles. The third kappa shape index (κ3) is 14.1. The number of hydrogen-bond acceptors (Lipinski definition) is 5. The number of benzene rings is 5. The van der Waals surface area contributed by atoms with Crippen molar-refractivity contribution in [1.82, 2.24) is 46.9 Å². The van der Waals surface area contributed by atoms with E-state index < -0.39 is 16.1 Å². The summed E-state index contributed by atoms with van der Waals surface area (Å²) >= 11 is 0.